The number of nitro groups is 1. The maximum absolute atomic E-state index is 11.4. The highest BCUT2D eigenvalue weighted by Crippen LogP contribution is 2.34. The molecule has 9 heteroatoms. The lowest BCUT2D eigenvalue weighted by Crippen LogP contribution is -2.09. The number of hydrogen-bond acceptors (Lipinski definition) is 7. The van der Waals surface area contributed by atoms with Crippen molar-refractivity contribution in [2.75, 3.05) is 19.5 Å². The van der Waals surface area contributed by atoms with Crippen molar-refractivity contribution in [3.63, 3.8) is 0 Å². The Morgan fingerprint density at radius 1 is 1.10 bits per heavy atom. The number of anilines is 1. The van der Waals surface area contributed by atoms with Crippen LogP contribution in [0.15, 0.2) is 54.7 Å². The van der Waals surface area contributed by atoms with Gasteiger partial charge in [0.2, 0.25) is 5.88 Å². The lowest BCUT2D eigenvalue weighted by atomic mass is 10.1. The molecule has 0 spiro atoms. The highest BCUT2D eigenvalue weighted by Gasteiger charge is 2.18. The second-order valence-corrected chi connectivity index (χ2v) is 7.94. The van der Waals surface area contributed by atoms with Crippen LogP contribution in [0.2, 0.25) is 0 Å². The van der Waals surface area contributed by atoms with Crippen LogP contribution in [0.4, 0.5) is 11.4 Å². The minimum atomic E-state index is -0.386. The van der Waals surface area contributed by atoms with Gasteiger partial charge < -0.3 is 19.5 Å². The van der Waals surface area contributed by atoms with Crippen LogP contribution in [-0.4, -0.2) is 24.1 Å². The molecule has 1 N–H and O–H groups in total. The third kappa shape index (κ3) is 5.75. The Labute approximate surface area is 193 Å². The Balaban J connectivity index is 1.73. The largest absolute Gasteiger partial charge is 0.493 e. The van der Waals surface area contributed by atoms with Gasteiger partial charge in [-0.05, 0) is 65.4 Å². The van der Waals surface area contributed by atoms with Crippen molar-refractivity contribution in [3.8, 4) is 17.4 Å². The molecule has 3 rings (SSSR count). The van der Waals surface area contributed by atoms with Gasteiger partial charge in [-0.1, -0.05) is 6.07 Å². The molecule has 31 heavy (non-hydrogen) atoms. The first-order valence-corrected chi connectivity index (χ1v) is 10.5. The second-order valence-electron chi connectivity index (χ2n) is 6.69. The van der Waals surface area contributed by atoms with E-state index in [0.717, 1.165) is 14.7 Å². The van der Waals surface area contributed by atoms with Gasteiger partial charge in [0.05, 0.1) is 19.1 Å². The summed E-state index contributed by atoms with van der Waals surface area (Å²) in [6, 6.07) is 14.1. The van der Waals surface area contributed by atoms with Crippen molar-refractivity contribution in [2.45, 2.75) is 19.6 Å². The lowest BCUT2D eigenvalue weighted by Gasteiger charge is -2.18. The molecule has 0 saturated heterocycles. The van der Waals surface area contributed by atoms with E-state index in [4.69, 9.17) is 14.2 Å². The summed E-state index contributed by atoms with van der Waals surface area (Å²) in [5.74, 6) is 1.71. The van der Waals surface area contributed by atoms with E-state index >= 15 is 0 Å². The van der Waals surface area contributed by atoms with E-state index in [1.807, 2.05) is 37.3 Å². The van der Waals surface area contributed by atoms with Crippen molar-refractivity contribution >= 4 is 34.0 Å². The molecule has 1 atom stereocenters. The van der Waals surface area contributed by atoms with E-state index in [-0.39, 0.29) is 16.7 Å². The third-order valence-corrected chi connectivity index (χ3v) is 5.29. The first-order valence-electron chi connectivity index (χ1n) is 9.41. The van der Waals surface area contributed by atoms with Crippen molar-refractivity contribution in [2.24, 2.45) is 0 Å². The van der Waals surface area contributed by atoms with Crippen LogP contribution >= 0.6 is 22.6 Å². The molecule has 0 aliphatic rings. The van der Waals surface area contributed by atoms with Gasteiger partial charge in [0.25, 0.3) is 5.69 Å². The van der Waals surface area contributed by atoms with Gasteiger partial charge in [0.1, 0.15) is 12.3 Å². The van der Waals surface area contributed by atoms with E-state index in [9.17, 15) is 10.1 Å². The molecular weight excluding hydrogens is 513 g/mol. The Bertz CT molecular complexity index is 1060. The van der Waals surface area contributed by atoms with Crippen molar-refractivity contribution in [3.05, 3.63) is 79.5 Å². The summed E-state index contributed by atoms with van der Waals surface area (Å²) in [7, 11) is 3.14. The van der Waals surface area contributed by atoms with Gasteiger partial charge >= 0.3 is 0 Å². The number of ether oxygens (including phenoxy) is 3. The zero-order valence-corrected chi connectivity index (χ0v) is 19.5. The maximum Gasteiger partial charge on any atom is 0.293 e. The molecule has 0 radical (unpaired) electrons. The van der Waals surface area contributed by atoms with Crippen molar-refractivity contribution in [1.82, 2.24) is 4.98 Å². The number of pyridine rings is 1. The highest BCUT2D eigenvalue weighted by atomic mass is 127. The van der Waals surface area contributed by atoms with Gasteiger partial charge in [0.15, 0.2) is 11.5 Å². The van der Waals surface area contributed by atoms with Gasteiger partial charge in [-0.15, -0.1) is 0 Å². The van der Waals surface area contributed by atoms with Crippen LogP contribution in [0.3, 0.4) is 0 Å². The molecule has 1 aromatic heterocycles. The summed E-state index contributed by atoms with van der Waals surface area (Å²) < 4.78 is 17.2. The Morgan fingerprint density at radius 2 is 1.90 bits per heavy atom. The van der Waals surface area contributed by atoms with E-state index in [0.29, 0.717) is 29.7 Å². The Kier molecular flexibility index (Phi) is 7.50. The highest BCUT2D eigenvalue weighted by molar-refractivity contribution is 14.1. The number of nitrogens with one attached hydrogen (secondary N) is 1. The first kappa shape index (κ1) is 22.6. The zero-order chi connectivity index (χ0) is 22.4. The van der Waals surface area contributed by atoms with Crippen LogP contribution in [0, 0.1) is 13.7 Å². The quantitative estimate of drug-likeness (QED) is 0.224. The van der Waals surface area contributed by atoms with Crippen molar-refractivity contribution < 1.29 is 19.1 Å². The Morgan fingerprint density at radius 3 is 2.55 bits per heavy atom. The number of methoxy groups -OCH3 is 2. The number of hydrogen-bond donors (Lipinski definition) is 1. The molecule has 3 aromatic rings. The first-order chi connectivity index (χ1) is 14.9. The number of aromatic nitrogens is 1. The van der Waals surface area contributed by atoms with E-state index in [1.165, 1.54) is 0 Å². The van der Waals surface area contributed by atoms with Crippen LogP contribution in [0.25, 0.3) is 0 Å². The fourth-order valence-electron chi connectivity index (χ4n) is 2.95. The summed E-state index contributed by atoms with van der Waals surface area (Å²) in [4.78, 5) is 15.2. The summed E-state index contributed by atoms with van der Waals surface area (Å²) in [6.45, 7) is 2.26. The molecule has 0 bridgehead atoms. The molecular formula is C22H22IN3O5. The predicted molar refractivity (Wildman–Crippen MR) is 126 cm³/mol. The minimum absolute atomic E-state index is 0.0405. The third-order valence-electron chi connectivity index (χ3n) is 4.62. The van der Waals surface area contributed by atoms with E-state index in [2.05, 4.69) is 32.9 Å². The zero-order valence-electron chi connectivity index (χ0n) is 17.3. The number of halogens is 1. The standard InChI is InChI=1S/C22H22IN3O5/c1-14(25-18-7-6-17(23)11-19(18)26(27)28)16-5-8-20(21(10-16)29-2)31-13-15-4-9-22(30-3)24-12-15/h4-12,14,25H,13H2,1-3H3. The predicted octanol–water partition coefficient (Wildman–Crippen LogP) is 5.36. The molecule has 8 nitrogen and oxygen atoms in total. The summed E-state index contributed by atoms with van der Waals surface area (Å²) in [5, 5.41) is 14.6. The molecule has 0 saturated carbocycles. The van der Waals surface area contributed by atoms with E-state index in [1.54, 1.807) is 38.6 Å². The van der Waals surface area contributed by atoms with Gasteiger partial charge in [-0.25, -0.2) is 4.98 Å². The fraction of sp³-hybridized carbons (Fsp3) is 0.227. The summed E-state index contributed by atoms with van der Waals surface area (Å²) in [6.07, 6.45) is 1.69. The molecule has 0 aliphatic carbocycles. The molecule has 0 fully saturated rings. The molecule has 2 aromatic carbocycles. The lowest BCUT2D eigenvalue weighted by molar-refractivity contribution is -0.384. The number of rotatable bonds is 9. The smallest absolute Gasteiger partial charge is 0.293 e. The van der Waals surface area contributed by atoms with Crippen molar-refractivity contribution in [1.29, 1.82) is 0 Å². The number of nitrogens with zero attached hydrogens (tertiary/aromatic N) is 2. The molecule has 1 unspecified atom stereocenters. The van der Waals surface area contributed by atoms with Crippen LogP contribution < -0.4 is 19.5 Å². The van der Waals surface area contributed by atoms with Crippen LogP contribution in [-0.2, 0) is 6.61 Å². The van der Waals surface area contributed by atoms with E-state index < -0.39 is 0 Å². The topological polar surface area (TPSA) is 95.8 Å². The molecule has 162 valence electrons. The summed E-state index contributed by atoms with van der Waals surface area (Å²) >= 11 is 2.06. The molecule has 0 amide bonds. The average molecular weight is 535 g/mol. The number of nitro benzene ring substituents is 1. The molecule has 0 aliphatic heterocycles. The Hall–Kier alpha value is -3.08. The molecule has 1 heterocycles. The van der Waals surface area contributed by atoms with Gasteiger partial charge in [-0.2, -0.15) is 0 Å². The fourth-order valence-corrected chi connectivity index (χ4v) is 3.42. The van der Waals surface area contributed by atoms with Gasteiger partial charge in [-0.3, -0.25) is 10.1 Å². The average Bonchev–Trinajstić information content (AvgIpc) is 2.78. The second kappa shape index (κ2) is 10.3. The monoisotopic (exact) mass is 535 g/mol. The number of benzene rings is 2. The van der Waals surface area contributed by atoms with Crippen LogP contribution in [0.1, 0.15) is 24.1 Å². The normalized spacial score (nSPS) is 11.5. The van der Waals surface area contributed by atoms with Crippen LogP contribution in [0.5, 0.6) is 17.4 Å². The SMILES string of the molecule is COc1ccc(COc2ccc(C(C)Nc3ccc(I)cc3[N+](=O)[O-])cc2OC)cn1. The van der Waals surface area contributed by atoms with Gasteiger partial charge in [0, 0.05) is 33.5 Å². The maximum atomic E-state index is 11.4. The minimum Gasteiger partial charge on any atom is -0.493 e. The summed E-state index contributed by atoms with van der Waals surface area (Å²) in [5.41, 5.74) is 2.30.